The Morgan fingerprint density at radius 2 is 2.04 bits per heavy atom. The van der Waals surface area contributed by atoms with Gasteiger partial charge in [-0.15, -0.1) is 11.3 Å². The van der Waals surface area contributed by atoms with E-state index in [2.05, 4.69) is 15.3 Å². The summed E-state index contributed by atoms with van der Waals surface area (Å²) in [6.45, 7) is 0. The van der Waals surface area contributed by atoms with Crippen molar-refractivity contribution in [3.63, 3.8) is 0 Å². The van der Waals surface area contributed by atoms with Crippen LogP contribution in [0.4, 0.5) is 21.5 Å². The third-order valence-electron chi connectivity index (χ3n) is 3.63. The van der Waals surface area contributed by atoms with Gasteiger partial charge in [-0.1, -0.05) is 0 Å². The zero-order valence-corrected chi connectivity index (χ0v) is 13.6. The van der Waals surface area contributed by atoms with Crippen LogP contribution in [-0.4, -0.2) is 14.5 Å². The monoisotopic (exact) mass is 339 g/mol. The lowest BCUT2D eigenvalue weighted by Crippen LogP contribution is -1.95. The summed E-state index contributed by atoms with van der Waals surface area (Å²) in [6.07, 6.45) is 5.42. The van der Waals surface area contributed by atoms with E-state index >= 15 is 0 Å². The Morgan fingerprint density at radius 3 is 2.79 bits per heavy atom. The highest BCUT2D eigenvalue weighted by Crippen LogP contribution is 2.37. The summed E-state index contributed by atoms with van der Waals surface area (Å²) in [5.41, 5.74) is 8.91. The lowest BCUT2D eigenvalue weighted by molar-refractivity contribution is 0.632. The highest BCUT2D eigenvalue weighted by Gasteiger charge is 2.12. The first-order chi connectivity index (χ1) is 11.6. The van der Waals surface area contributed by atoms with Gasteiger partial charge < -0.3 is 15.6 Å². The number of fused-ring (bicyclic) bond motifs is 1. The molecule has 0 saturated carbocycles. The summed E-state index contributed by atoms with van der Waals surface area (Å²) >= 11 is 1.57. The fraction of sp³-hybridized carbons (Fsp3) is 0.0588. The van der Waals surface area contributed by atoms with Crippen LogP contribution in [0.1, 0.15) is 0 Å². The Kier molecular flexibility index (Phi) is 3.42. The number of nitrogens with one attached hydrogen (secondary N) is 1. The predicted molar refractivity (Wildman–Crippen MR) is 95.9 cm³/mol. The second kappa shape index (κ2) is 5.61. The van der Waals surface area contributed by atoms with Crippen LogP contribution in [0.5, 0.6) is 0 Å². The minimum Gasteiger partial charge on any atom is -0.399 e. The molecular formula is C17H14FN5S. The van der Waals surface area contributed by atoms with Crippen molar-refractivity contribution >= 4 is 38.6 Å². The van der Waals surface area contributed by atoms with Crippen molar-refractivity contribution in [3.05, 3.63) is 54.9 Å². The first-order valence-electron chi connectivity index (χ1n) is 7.29. The van der Waals surface area contributed by atoms with Gasteiger partial charge in [0.15, 0.2) is 0 Å². The number of imidazole rings is 1. The molecule has 3 aromatic heterocycles. The van der Waals surface area contributed by atoms with Crippen molar-refractivity contribution in [2.75, 3.05) is 11.1 Å². The van der Waals surface area contributed by atoms with Crippen LogP contribution < -0.4 is 11.1 Å². The van der Waals surface area contributed by atoms with E-state index in [4.69, 9.17) is 5.73 Å². The van der Waals surface area contributed by atoms with Crippen molar-refractivity contribution in [1.82, 2.24) is 14.5 Å². The number of aromatic nitrogens is 3. The molecule has 0 radical (unpaired) electrons. The van der Waals surface area contributed by atoms with E-state index in [0.29, 0.717) is 11.4 Å². The number of benzene rings is 1. The number of pyridine rings is 1. The summed E-state index contributed by atoms with van der Waals surface area (Å²) < 4.78 is 16.9. The number of thiophene rings is 1. The van der Waals surface area contributed by atoms with E-state index in [0.717, 1.165) is 26.5 Å². The number of hydrogen-bond acceptors (Lipinski definition) is 5. The zero-order chi connectivity index (χ0) is 16.7. The Hall–Kier alpha value is -2.93. The third kappa shape index (κ3) is 2.59. The predicted octanol–water partition coefficient (Wildman–Crippen LogP) is 4.16. The molecule has 1 aromatic carbocycles. The topological polar surface area (TPSA) is 68.8 Å². The Morgan fingerprint density at radius 1 is 1.17 bits per heavy atom. The molecule has 7 heteroatoms. The lowest BCUT2D eigenvalue weighted by atomic mass is 10.2. The molecule has 0 fully saturated rings. The molecule has 0 atom stereocenters. The van der Waals surface area contributed by atoms with E-state index in [-0.39, 0.29) is 5.82 Å². The molecule has 0 amide bonds. The second-order valence-electron chi connectivity index (χ2n) is 5.47. The molecule has 24 heavy (non-hydrogen) atoms. The Balaban J connectivity index is 1.77. The maximum atomic E-state index is 14.0. The minimum absolute atomic E-state index is 0.379. The molecule has 4 aromatic rings. The van der Waals surface area contributed by atoms with E-state index in [1.165, 1.54) is 6.07 Å². The average molecular weight is 339 g/mol. The van der Waals surface area contributed by atoms with Gasteiger partial charge in [0.2, 0.25) is 0 Å². The summed E-state index contributed by atoms with van der Waals surface area (Å²) in [6, 6.07) is 8.42. The van der Waals surface area contributed by atoms with Crippen LogP contribution in [-0.2, 0) is 7.05 Å². The van der Waals surface area contributed by atoms with Crippen LogP contribution >= 0.6 is 11.3 Å². The number of rotatable bonds is 3. The first kappa shape index (κ1) is 14.6. The normalized spacial score (nSPS) is 11.1. The summed E-state index contributed by atoms with van der Waals surface area (Å²) in [5, 5.41) is 3.13. The van der Waals surface area contributed by atoms with E-state index in [1.807, 2.05) is 29.9 Å². The third-order valence-corrected chi connectivity index (χ3v) is 4.81. The molecule has 0 aliphatic rings. The minimum atomic E-state index is -0.388. The molecule has 5 nitrogen and oxygen atoms in total. The molecule has 0 spiro atoms. The van der Waals surface area contributed by atoms with Crippen molar-refractivity contribution in [2.45, 2.75) is 0 Å². The Labute approximate surface area is 141 Å². The van der Waals surface area contributed by atoms with Gasteiger partial charge in [-0.25, -0.2) is 9.37 Å². The number of nitrogens with two attached hydrogens (primary N) is 1. The molecule has 3 heterocycles. The first-order valence-corrected chi connectivity index (χ1v) is 8.11. The molecular weight excluding hydrogens is 325 g/mol. The van der Waals surface area contributed by atoms with Gasteiger partial charge in [-0.05, 0) is 30.3 Å². The van der Waals surface area contributed by atoms with Crippen LogP contribution in [0.15, 0.2) is 49.1 Å². The van der Waals surface area contributed by atoms with E-state index in [9.17, 15) is 4.39 Å². The van der Waals surface area contributed by atoms with Crippen LogP contribution in [0, 0.1) is 5.82 Å². The lowest BCUT2D eigenvalue weighted by Gasteiger charge is -2.08. The van der Waals surface area contributed by atoms with Crippen LogP contribution in [0.25, 0.3) is 20.8 Å². The molecule has 0 bridgehead atoms. The van der Waals surface area contributed by atoms with Crippen molar-refractivity contribution in [1.29, 1.82) is 0 Å². The number of anilines is 3. The van der Waals surface area contributed by atoms with Gasteiger partial charge in [0.1, 0.15) is 5.82 Å². The molecule has 0 aliphatic heterocycles. The molecule has 120 valence electrons. The zero-order valence-electron chi connectivity index (χ0n) is 12.8. The van der Waals surface area contributed by atoms with Gasteiger partial charge in [-0.2, -0.15) is 0 Å². The summed E-state index contributed by atoms with van der Waals surface area (Å²) in [7, 11) is 1.93. The summed E-state index contributed by atoms with van der Waals surface area (Å²) in [5.74, 6) is -0.388. The number of hydrogen-bond donors (Lipinski definition) is 2. The van der Waals surface area contributed by atoms with Gasteiger partial charge in [0.25, 0.3) is 0 Å². The molecule has 3 N–H and O–H groups in total. The smallest absolute Gasteiger partial charge is 0.148 e. The van der Waals surface area contributed by atoms with Crippen LogP contribution in [0.3, 0.4) is 0 Å². The quantitative estimate of drug-likeness (QED) is 0.550. The highest BCUT2D eigenvalue weighted by atomic mass is 32.1. The fourth-order valence-corrected chi connectivity index (χ4v) is 3.53. The molecule has 4 rings (SSSR count). The number of halogens is 1. The number of nitrogens with zero attached hydrogens (tertiary/aromatic N) is 3. The molecule has 0 aliphatic carbocycles. The van der Waals surface area contributed by atoms with Gasteiger partial charge in [0.05, 0.1) is 38.5 Å². The SMILES string of the molecule is Cn1cnc(-c2cc3nccc(Nc4ccc(N)cc4F)c3s2)c1. The van der Waals surface area contributed by atoms with Crippen molar-refractivity contribution in [2.24, 2.45) is 7.05 Å². The summed E-state index contributed by atoms with van der Waals surface area (Å²) in [4.78, 5) is 9.78. The number of aryl methyl sites for hydroxylation is 1. The number of nitrogen functional groups attached to an aromatic ring is 1. The second-order valence-corrected chi connectivity index (χ2v) is 6.52. The standard InChI is InChI=1S/C17H14FN5S/c1-23-8-15(21-9-23)16-7-14-17(24-16)13(4-5-20-14)22-12-3-2-10(19)6-11(12)18/h2-9H,19H2,1H3,(H,20,22). The van der Waals surface area contributed by atoms with E-state index in [1.54, 1.807) is 36.0 Å². The average Bonchev–Trinajstić information content (AvgIpc) is 3.16. The highest BCUT2D eigenvalue weighted by molar-refractivity contribution is 7.22. The maximum absolute atomic E-state index is 14.0. The molecule has 0 saturated heterocycles. The van der Waals surface area contributed by atoms with Gasteiger partial charge in [0, 0.05) is 25.1 Å². The largest absolute Gasteiger partial charge is 0.399 e. The van der Waals surface area contributed by atoms with Crippen LogP contribution in [0.2, 0.25) is 0 Å². The molecule has 0 unspecified atom stereocenters. The van der Waals surface area contributed by atoms with Crippen molar-refractivity contribution < 1.29 is 4.39 Å². The van der Waals surface area contributed by atoms with E-state index < -0.39 is 0 Å². The van der Waals surface area contributed by atoms with Gasteiger partial charge >= 0.3 is 0 Å². The van der Waals surface area contributed by atoms with Gasteiger partial charge in [-0.3, -0.25) is 4.98 Å². The fourth-order valence-electron chi connectivity index (χ4n) is 2.48. The maximum Gasteiger partial charge on any atom is 0.148 e. The Bertz CT molecular complexity index is 1040. The van der Waals surface area contributed by atoms with Crippen molar-refractivity contribution in [3.8, 4) is 10.6 Å².